The molecule has 0 spiro atoms. The number of rotatable bonds is 7. The van der Waals surface area contributed by atoms with Gasteiger partial charge in [-0.05, 0) is 99.1 Å². The van der Waals surface area contributed by atoms with Crippen LogP contribution in [0.15, 0.2) is 42.7 Å². The van der Waals surface area contributed by atoms with E-state index >= 15 is 0 Å². The number of pyridine rings is 1. The van der Waals surface area contributed by atoms with E-state index in [1.807, 2.05) is 6.20 Å². The molecule has 2 aliphatic rings. The van der Waals surface area contributed by atoms with Gasteiger partial charge in [0.15, 0.2) is 0 Å². The molecule has 0 atom stereocenters. The first-order valence-corrected chi connectivity index (χ1v) is 12.0. The molecule has 2 aliphatic carbocycles. The van der Waals surface area contributed by atoms with E-state index in [-0.39, 0.29) is 0 Å². The van der Waals surface area contributed by atoms with Crippen molar-refractivity contribution in [2.24, 2.45) is 5.92 Å². The van der Waals surface area contributed by atoms with Gasteiger partial charge in [-0.15, -0.1) is 0 Å². The van der Waals surface area contributed by atoms with Crippen LogP contribution in [0.3, 0.4) is 0 Å². The summed E-state index contributed by atoms with van der Waals surface area (Å²) >= 11 is 0. The summed E-state index contributed by atoms with van der Waals surface area (Å²) in [4.78, 5) is 4.74. The number of hydrogen-bond acceptors (Lipinski definition) is 4. The van der Waals surface area contributed by atoms with Crippen LogP contribution in [-0.2, 0) is 0 Å². The molecule has 1 aromatic carbocycles. The molecule has 32 heavy (non-hydrogen) atoms. The van der Waals surface area contributed by atoms with Crippen molar-refractivity contribution in [2.45, 2.75) is 64.3 Å². The quantitative estimate of drug-likeness (QED) is 0.478. The highest BCUT2D eigenvalue weighted by Gasteiger charge is 2.25. The number of nitrogens with zero attached hydrogens (tertiary/aromatic N) is 3. The van der Waals surface area contributed by atoms with E-state index in [1.165, 1.54) is 60.8 Å². The minimum Gasteiger partial charge on any atom is -0.496 e. The van der Waals surface area contributed by atoms with Gasteiger partial charge in [0.05, 0.1) is 19.3 Å². The molecule has 3 aromatic rings. The second-order valence-electron chi connectivity index (χ2n) is 9.65. The number of aryl methyl sites for hydroxylation is 2. The summed E-state index contributed by atoms with van der Waals surface area (Å²) in [5.41, 5.74) is 6.12. The lowest BCUT2D eigenvalue weighted by molar-refractivity contribution is 0.338. The van der Waals surface area contributed by atoms with Crippen molar-refractivity contribution in [2.75, 3.05) is 19.0 Å². The molecule has 5 nitrogen and oxygen atoms in total. The number of anilines is 1. The maximum Gasteiger partial charge on any atom is 0.126 e. The molecule has 2 saturated carbocycles. The molecule has 1 N–H and O–H groups in total. The lowest BCUT2D eigenvalue weighted by Crippen LogP contribution is -2.21. The van der Waals surface area contributed by atoms with Gasteiger partial charge in [0.25, 0.3) is 0 Å². The third-order valence-corrected chi connectivity index (χ3v) is 7.12. The van der Waals surface area contributed by atoms with Crippen molar-refractivity contribution < 1.29 is 4.74 Å². The Morgan fingerprint density at radius 3 is 2.53 bits per heavy atom. The van der Waals surface area contributed by atoms with E-state index in [2.05, 4.69) is 65.5 Å². The predicted molar refractivity (Wildman–Crippen MR) is 129 cm³/mol. The van der Waals surface area contributed by atoms with Crippen LogP contribution < -0.4 is 10.1 Å². The molecule has 168 valence electrons. The van der Waals surface area contributed by atoms with Gasteiger partial charge in [-0.25, -0.2) is 4.98 Å². The van der Waals surface area contributed by atoms with E-state index < -0.39 is 0 Å². The van der Waals surface area contributed by atoms with Crippen molar-refractivity contribution >= 4 is 5.82 Å². The highest BCUT2D eigenvalue weighted by atomic mass is 16.5. The van der Waals surface area contributed by atoms with Crippen LogP contribution in [0.25, 0.3) is 11.1 Å². The van der Waals surface area contributed by atoms with Crippen LogP contribution in [0.4, 0.5) is 5.82 Å². The maximum atomic E-state index is 5.42. The molecule has 0 aliphatic heterocycles. The second kappa shape index (κ2) is 8.97. The largest absolute Gasteiger partial charge is 0.496 e. The van der Waals surface area contributed by atoms with Gasteiger partial charge < -0.3 is 10.1 Å². The average molecular weight is 431 g/mol. The fraction of sp³-hybridized carbons (Fsp3) is 0.481. The number of methoxy groups -OCH3 is 1. The number of hydrogen-bond donors (Lipinski definition) is 1. The number of nitrogens with one attached hydrogen (secondary N) is 1. The zero-order valence-corrected chi connectivity index (χ0v) is 19.5. The van der Waals surface area contributed by atoms with Gasteiger partial charge in [-0.1, -0.05) is 12.1 Å². The molecule has 0 amide bonds. The summed E-state index contributed by atoms with van der Waals surface area (Å²) in [6.45, 7) is 5.20. The Kier molecular flexibility index (Phi) is 5.90. The molecule has 5 heteroatoms. The molecule has 0 radical (unpaired) electrons. The third kappa shape index (κ3) is 4.67. The van der Waals surface area contributed by atoms with Crippen LogP contribution in [0.5, 0.6) is 5.75 Å². The smallest absolute Gasteiger partial charge is 0.126 e. The van der Waals surface area contributed by atoms with Crippen LogP contribution >= 0.6 is 0 Å². The van der Waals surface area contributed by atoms with Crippen LogP contribution in [0, 0.1) is 19.8 Å². The van der Waals surface area contributed by atoms with Gasteiger partial charge in [0, 0.05) is 24.0 Å². The SMILES string of the molecule is COc1ccc(C2CCC(CNc3cc(-c4cnn(C5CC5)c4)cc(C)n3)CC2)cc1C. The van der Waals surface area contributed by atoms with E-state index in [0.29, 0.717) is 17.9 Å². The lowest BCUT2D eigenvalue weighted by Gasteiger charge is -2.29. The molecule has 2 heterocycles. The first-order valence-electron chi connectivity index (χ1n) is 12.0. The van der Waals surface area contributed by atoms with Crippen LogP contribution in [-0.4, -0.2) is 28.4 Å². The standard InChI is InChI=1S/C27H34N4O/c1-18-12-22(8-11-26(18)32-3)21-6-4-20(5-7-21)15-28-27-14-23(13-19(2)30-27)24-16-29-31(17-24)25-9-10-25/h8,11-14,16-17,20-21,25H,4-7,9-10,15H2,1-3H3,(H,28,30). The Labute approximate surface area is 191 Å². The Hall–Kier alpha value is -2.82. The third-order valence-electron chi connectivity index (χ3n) is 7.12. The minimum atomic E-state index is 0.612. The van der Waals surface area contributed by atoms with Crippen molar-refractivity contribution in [3.05, 3.63) is 59.5 Å². The molecular weight excluding hydrogens is 396 g/mol. The molecule has 0 bridgehead atoms. The predicted octanol–water partition coefficient (Wildman–Crippen LogP) is 6.29. The van der Waals surface area contributed by atoms with Gasteiger partial charge >= 0.3 is 0 Å². The van der Waals surface area contributed by atoms with Crippen molar-refractivity contribution in [1.29, 1.82) is 0 Å². The fourth-order valence-corrected chi connectivity index (χ4v) is 5.06. The Bertz CT molecular complexity index is 1080. The normalized spacial score (nSPS) is 20.8. The van der Waals surface area contributed by atoms with E-state index in [0.717, 1.165) is 23.8 Å². The summed E-state index contributed by atoms with van der Waals surface area (Å²) in [6.07, 6.45) is 11.7. The molecule has 0 saturated heterocycles. The van der Waals surface area contributed by atoms with Crippen molar-refractivity contribution in [3.8, 4) is 16.9 Å². The molecule has 0 unspecified atom stereocenters. The summed E-state index contributed by atoms with van der Waals surface area (Å²) in [5, 5.41) is 8.18. The number of aromatic nitrogens is 3. The average Bonchev–Trinajstić information content (AvgIpc) is 3.54. The number of benzene rings is 1. The van der Waals surface area contributed by atoms with E-state index in [1.54, 1.807) is 7.11 Å². The highest BCUT2D eigenvalue weighted by Crippen LogP contribution is 2.38. The first-order chi connectivity index (χ1) is 15.6. The van der Waals surface area contributed by atoms with Gasteiger partial charge in [0.2, 0.25) is 0 Å². The van der Waals surface area contributed by atoms with Crippen molar-refractivity contribution in [3.63, 3.8) is 0 Å². The number of ether oxygens (including phenoxy) is 1. The van der Waals surface area contributed by atoms with Gasteiger partial charge in [-0.3, -0.25) is 4.68 Å². The zero-order valence-electron chi connectivity index (χ0n) is 19.5. The zero-order chi connectivity index (χ0) is 22.1. The summed E-state index contributed by atoms with van der Waals surface area (Å²) in [5.74, 6) is 3.33. The Morgan fingerprint density at radius 2 is 1.81 bits per heavy atom. The van der Waals surface area contributed by atoms with Crippen LogP contribution in [0.2, 0.25) is 0 Å². The van der Waals surface area contributed by atoms with E-state index in [9.17, 15) is 0 Å². The van der Waals surface area contributed by atoms with Crippen LogP contribution in [0.1, 0.15) is 67.3 Å². The molecule has 2 aromatic heterocycles. The monoisotopic (exact) mass is 430 g/mol. The molecule has 5 rings (SSSR count). The van der Waals surface area contributed by atoms with Gasteiger partial charge in [-0.2, -0.15) is 5.10 Å². The minimum absolute atomic E-state index is 0.612. The highest BCUT2D eigenvalue weighted by molar-refractivity contribution is 5.65. The Balaban J connectivity index is 1.17. The summed E-state index contributed by atoms with van der Waals surface area (Å²) < 4.78 is 7.53. The lowest BCUT2D eigenvalue weighted by atomic mass is 9.78. The molecule has 2 fully saturated rings. The fourth-order valence-electron chi connectivity index (χ4n) is 5.06. The summed E-state index contributed by atoms with van der Waals surface area (Å²) in [7, 11) is 1.74. The van der Waals surface area contributed by atoms with Gasteiger partial charge in [0.1, 0.15) is 11.6 Å². The van der Waals surface area contributed by atoms with Crippen molar-refractivity contribution in [1.82, 2.24) is 14.8 Å². The topological polar surface area (TPSA) is 52.0 Å². The maximum absolute atomic E-state index is 5.42. The molecular formula is C27H34N4O. The van der Waals surface area contributed by atoms with E-state index in [4.69, 9.17) is 9.72 Å². The Morgan fingerprint density at radius 1 is 1.00 bits per heavy atom. The second-order valence-corrected chi connectivity index (χ2v) is 9.65. The first kappa shape index (κ1) is 21.0. The summed E-state index contributed by atoms with van der Waals surface area (Å²) in [6, 6.07) is 11.6.